The molecule has 3 nitrogen and oxygen atoms in total. The Hall–Kier alpha value is -1.06. The molecule has 94 valence electrons. The summed E-state index contributed by atoms with van der Waals surface area (Å²) in [5, 5.41) is 0. The Balaban J connectivity index is 1.98. The van der Waals surface area contributed by atoms with Crippen LogP contribution >= 0.6 is 0 Å². The quantitative estimate of drug-likeness (QED) is 0.832. The van der Waals surface area contributed by atoms with E-state index in [0.29, 0.717) is 12.5 Å². The molecule has 4 N–H and O–H groups in total. The normalized spacial score (nSPS) is 19.4. The standard InChI is InChI=1S/C14H23N3/c1-11-4-2-3-5-14(11)17-8-6-12(7-9-17)13(16)10-15/h2-5,12-13H,6-10,15-16H2,1H3. The molecule has 1 atom stereocenters. The van der Waals surface area contributed by atoms with Gasteiger partial charge >= 0.3 is 0 Å². The third-order valence-corrected chi connectivity index (χ3v) is 3.87. The minimum Gasteiger partial charge on any atom is -0.371 e. The van der Waals surface area contributed by atoms with Gasteiger partial charge < -0.3 is 16.4 Å². The number of rotatable bonds is 3. The summed E-state index contributed by atoms with van der Waals surface area (Å²) in [7, 11) is 0. The summed E-state index contributed by atoms with van der Waals surface area (Å²) in [6, 6.07) is 8.76. The highest BCUT2D eigenvalue weighted by atomic mass is 15.1. The van der Waals surface area contributed by atoms with Crippen molar-refractivity contribution in [2.24, 2.45) is 17.4 Å². The van der Waals surface area contributed by atoms with Crippen molar-refractivity contribution in [3.05, 3.63) is 29.8 Å². The maximum Gasteiger partial charge on any atom is 0.0395 e. The molecule has 1 aliphatic rings. The van der Waals surface area contributed by atoms with Crippen molar-refractivity contribution >= 4 is 5.69 Å². The van der Waals surface area contributed by atoms with E-state index in [1.54, 1.807) is 0 Å². The highest BCUT2D eigenvalue weighted by Gasteiger charge is 2.23. The van der Waals surface area contributed by atoms with E-state index < -0.39 is 0 Å². The highest BCUT2D eigenvalue weighted by Crippen LogP contribution is 2.26. The predicted molar refractivity (Wildman–Crippen MR) is 73.1 cm³/mol. The molecule has 0 aliphatic carbocycles. The number of nitrogens with two attached hydrogens (primary N) is 2. The van der Waals surface area contributed by atoms with Crippen molar-refractivity contribution in [3.63, 3.8) is 0 Å². The molecule has 0 spiro atoms. The van der Waals surface area contributed by atoms with Crippen molar-refractivity contribution in [1.29, 1.82) is 0 Å². The van der Waals surface area contributed by atoms with Crippen LogP contribution in [0.2, 0.25) is 0 Å². The lowest BCUT2D eigenvalue weighted by atomic mass is 9.89. The molecule has 1 aromatic carbocycles. The lowest BCUT2D eigenvalue weighted by molar-refractivity contribution is 0.343. The van der Waals surface area contributed by atoms with E-state index in [4.69, 9.17) is 11.5 Å². The Morgan fingerprint density at radius 2 is 1.94 bits per heavy atom. The van der Waals surface area contributed by atoms with Gasteiger partial charge in [-0.05, 0) is 37.3 Å². The van der Waals surface area contributed by atoms with Gasteiger partial charge in [0.05, 0.1) is 0 Å². The fourth-order valence-corrected chi connectivity index (χ4v) is 2.68. The smallest absolute Gasteiger partial charge is 0.0395 e. The van der Waals surface area contributed by atoms with Crippen molar-refractivity contribution in [1.82, 2.24) is 0 Å². The molecule has 0 aromatic heterocycles. The van der Waals surface area contributed by atoms with Gasteiger partial charge in [0.15, 0.2) is 0 Å². The maximum absolute atomic E-state index is 6.02. The van der Waals surface area contributed by atoms with Crippen LogP contribution in [0, 0.1) is 12.8 Å². The predicted octanol–water partition coefficient (Wildman–Crippen LogP) is 1.50. The molecule has 1 aromatic rings. The zero-order chi connectivity index (χ0) is 12.3. The van der Waals surface area contributed by atoms with Gasteiger partial charge in [0.2, 0.25) is 0 Å². The average molecular weight is 233 g/mol. The first-order valence-electron chi connectivity index (χ1n) is 6.48. The van der Waals surface area contributed by atoms with Gasteiger partial charge in [-0.1, -0.05) is 18.2 Å². The summed E-state index contributed by atoms with van der Waals surface area (Å²) >= 11 is 0. The van der Waals surface area contributed by atoms with Crippen molar-refractivity contribution in [2.75, 3.05) is 24.5 Å². The summed E-state index contributed by atoms with van der Waals surface area (Å²) < 4.78 is 0. The Bertz CT molecular complexity index is 356. The average Bonchev–Trinajstić information content (AvgIpc) is 2.39. The van der Waals surface area contributed by atoms with Crippen LogP contribution in [0.4, 0.5) is 5.69 Å². The summed E-state index contributed by atoms with van der Waals surface area (Å²) in [4.78, 5) is 2.47. The molecule has 1 saturated heterocycles. The molecule has 1 aliphatic heterocycles. The third kappa shape index (κ3) is 2.79. The molecule has 1 fully saturated rings. The summed E-state index contributed by atoms with van der Waals surface area (Å²) in [5.41, 5.74) is 14.4. The number of hydrogen-bond donors (Lipinski definition) is 2. The Morgan fingerprint density at radius 1 is 1.29 bits per heavy atom. The topological polar surface area (TPSA) is 55.3 Å². The molecular formula is C14H23N3. The van der Waals surface area contributed by atoms with E-state index in [2.05, 4.69) is 36.1 Å². The second kappa shape index (κ2) is 5.52. The van der Waals surface area contributed by atoms with Crippen LogP contribution in [0.3, 0.4) is 0 Å². The van der Waals surface area contributed by atoms with Crippen molar-refractivity contribution < 1.29 is 0 Å². The number of aryl methyl sites for hydroxylation is 1. The van der Waals surface area contributed by atoms with Gasteiger partial charge in [0.1, 0.15) is 0 Å². The first kappa shape index (κ1) is 12.4. The molecule has 0 radical (unpaired) electrons. The molecule has 1 heterocycles. The van der Waals surface area contributed by atoms with Crippen molar-refractivity contribution in [3.8, 4) is 0 Å². The van der Waals surface area contributed by atoms with E-state index in [1.807, 2.05) is 0 Å². The minimum absolute atomic E-state index is 0.175. The number of anilines is 1. The van der Waals surface area contributed by atoms with Crippen LogP contribution in [-0.4, -0.2) is 25.7 Å². The third-order valence-electron chi connectivity index (χ3n) is 3.87. The number of benzene rings is 1. The fraction of sp³-hybridized carbons (Fsp3) is 0.571. The van der Waals surface area contributed by atoms with E-state index >= 15 is 0 Å². The maximum atomic E-state index is 6.02. The van der Waals surface area contributed by atoms with Gasteiger partial charge in [-0.15, -0.1) is 0 Å². The van der Waals surface area contributed by atoms with Crippen molar-refractivity contribution in [2.45, 2.75) is 25.8 Å². The largest absolute Gasteiger partial charge is 0.371 e. The molecule has 0 bridgehead atoms. The number of hydrogen-bond acceptors (Lipinski definition) is 3. The van der Waals surface area contributed by atoms with Gasteiger partial charge in [-0.2, -0.15) is 0 Å². The van der Waals surface area contributed by atoms with E-state index in [9.17, 15) is 0 Å². The Morgan fingerprint density at radius 3 is 2.53 bits per heavy atom. The van der Waals surface area contributed by atoms with Gasteiger partial charge in [0.25, 0.3) is 0 Å². The van der Waals surface area contributed by atoms with Crippen LogP contribution in [-0.2, 0) is 0 Å². The second-order valence-corrected chi connectivity index (χ2v) is 5.01. The van der Waals surface area contributed by atoms with Crippen LogP contribution in [0.5, 0.6) is 0 Å². The summed E-state index contributed by atoms with van der Waals surface area (Å²) in [5.74, 6) is 0.597. The van der Waals surface area contributed by atoms with Gasteiger partial charge in [0, 0.05) is 31.4 Å². The molecule has 1 unspecified atom stereocenters. The van der Waals surface area contributed by atoms with Gasteiger partial charge in [-0.25, -0.2) is 0 Å². The zero-order valence-corrected chi connectivity index (χ0v) is 10.6. The fourth-order valence-electron chi connectivity index (χ4n) is 2.68. The molecule has 2 rings (SSSR count). The molecule has 0 saturated carbocycles. The lowest BCUT2D eigenvalue weighted by Crippen LogP contribution is -2.44. The first-order valence-corrected chi connectivity index (χ1v) is 6.48. The number of piperidine rings is 1. The zero-order valence-electron chi connectivity index (χ0n) is 10.6. The monoisotopic (exact) mass is 233 g/mol. The highest BCUT2D eigenvalue weighted by molar-refractivity contribution is 5.53. The van der Waals surface area contributed by atoms with Crippen LogP contribution in [0.1, 0.15) is 18.4 Å². The summed E-state index contributed by atoms with van der Waals surface area (Å²) in [6.07, 6.45) is 2.32. The first-order chi connectivity index (χ1) is 8.22. The molecule has 3 heteroatoms. The molecule has 0 amide bonds. The molecular weight excluding hydrogens is 210 g/mol. The SMILES string of the molecule is Cc1ccccc1N1CCC(C(N)CN)CC1. The van der Waals surface area contributed by atoms with E-state index in [-0.39, 0.29) is 6.04 Å². The lowest BCUT2D eigenvalue weighted by Gasteiger charge is -2.36. The Labute approximate surface area is 104 Å². The number of nitrogens with zero attached hydrogens (tertiary/aromatic N) is 1. The number of para-hydroxylation sites is 1. The van der Waals surface area contributed by atoms with Gasteiger partial charge in [-0.3, -0.25) is 0 Å². The van der Waals surface area contributed by atoms with Crippen LogP contribution < -0.4 is 16.4 Å². The van der Waals surface area contributed by atoms with E-state index in [0.717, 1.165) is 25.9 Å². The minimum atomic E-state index is 0.175. The van der Waals surface area contributed by atoms with Crippen LogP contribution in [0.15, 0.2) is 24.3 Å². The van der Waals surface area contributed by atoms with Crippen LogP contribution in [0.25, 0.3) is 0 Å². The van der Waals surface area contributed by atoms with E-state index in [1.165, 1.54) is 11.3 Å². The summed E-state index contributed by atoms with van der Waals surface area (Å²) in [6.45, 7) is 4.98. The Kier molecular flexibility index (Phi) is 4.02. The second-order valence-electron chi connectivity index (χ2n) is 5.01. The molecule has 17 heavy (non-hydrogen) atoms.